The number of carbonyl (C=O) groups is 1. The van der Waals surface area contributed by atoms with Gasteiger partial charge in [0.2, 0.25) is 11.8 Å². The lowest BCUT2D eigenvalue weighted by Crippen LogP contribution is -2.47. The van der Waals surface area contributed by atoms with Crippen molar-refractivity contribution in [1.29, 1.82) is 0 Å². The van der Waals surface area contributed by atoms with Crippen molar-refractivity contribution in [2.45, 2.75) is 50.8 Å². The van der Waals surface area contributed by atoms with E-state index >= 15 is 0 Å². The second-order valence-electron chi connectivity index (χ2n) is 10.4. The normalized spacial score (nSPS) is 20.5. The number of halogens is 3. The summed E-state index contributed by atoms with van der Waals surface area (Å²) >= 11 is 0. The highest BCUT2D eigenvalue weighted by Gasteiger charge is 2.35. The Labute approximate surface area is 235 Å². The summed E-state index contributed by atoms with van der Waals surface area (Å²) in [6, 6.07) is 1.31. The molecule has 5 rings (SSSR count). The van der Waals surface area contributed by atoms with Crippen LogP contribution in [0.15, 0.2) is 29.0 Å². The van der Waals surface area contributed by atoms with Crippen molar-refractivity contribution in [3.63, 3.8) is 0 Å². The minimum atomic E-state index is -1.25. The number of benzene rings is 1. The molecule has 2 fully saturated rings. The summed E-state index contributed by atoms with van der Waals surface area (Å²) in [5.74, 6) is -3.16. The third-order valence-electron chi connectivity index (χ3n) is 7.90. The van der Waals surface area contributed by atoms with Gasteiger partial charge in [0.15, 0.2) is 11.6 Å². The second-order valence-corrected chi connectivity index (χ2v) is 10.4. The Morgan fingerprint density at radius 1 is 1.12 bits per heavy atom. The number of piperidine rings is 1. The van der Waals surface area contributed by atoms with E-state index in [9.17, 15) is 18.0 Å². The molecule has 0 saturated carbocycles. The number of carbonyl (C=O) groups excluding carboxylic acids is 1. The van der Waals surface area contributed by atoms with Crippen LogP contribution >= 0.6 is 0 Å². The van der Waals surface area contributed by atoms with Crippen LogP contribution in [-0.4, -0.2) is 82.8 Å². The highest BCUT2D eigenvalue weighted by Crippen LogP contribution is 2.31. The van der Waals surface area contributed by atoms with E-state index in [-0.39, 0.29) is 30.2 Å². The minimum Gasteiger partial charge on any atom is -0.374 e. The van der Waals surface area contributed by atoms with Crippen molar-refractivity contribution in [2.24, 2.45) is 5.73 Å². The van der Waals surface area contributed by atoms with Crippen LogP contribution in [-0.2, 0) is 4.74 Å². The SMILES string of the molecule is CCN(C(=O)c1cnc(N2C[C@H](c3cc(F)c(F)cc3F)[C@@H](N)C2)nc1)C1CCN(c2nc([C@H](C)OC)no2)CC1. The zero-order chi connectivity index (χ0) is 29.3. The number of anilines is 2. The van der Waals surface area contributed by atoms with Gasteiger partial charge in [0, 0.05) is 76.3 Å². The number of rotatable bonds is 8. The number of hydrogen-bond donors (Lipinski definition) is 1. The molecule has 41 heavy (non-hydrogen) atoms. The highest BCUT2D eigenvalue weighted by atomic mass is 19.2. The summed E-state index contributed by atoms with van der Waals surface area (Å²) in [4.78, 5) is 32.1. The van der Waals surface area contributed by atoms with Crippen molar-refractivity contribution in [1.82, 2.24) is 25.0 Å². The van der Waals surface area contributed by atoms with Crippen LogP contribution in [0.2, 0.25) is 0 Å². The predicted molar refractivity (Wildman–Crippen MR) is 143 cm³/mol. The van der Waals surface area contributed by atoms with Crippen molar-refractivity contribution >= 4 is 17.9 Å². The maximum Gasteiger partial charge on any atom is 0.324 e. The van der Waals surface area contributed by atoms with Crippen molar-refractivity contribution in [3.8, 4) is 0 Å². The van der Waals surface area contributed by atoms with Gasteiger partial charge in [0.25, 0.3) is 5.91 Å². The zero-order valence-corrected chi connectivity index (χ0v) is 23.1. The first-order chi connectivity index (χ1) is 19.7. The lowest BCUT2D eigenvalue weighted by Gasteiger charge is -2.37. The fraction of sp³-hybridized carbons (Fsp3) is 0.519. The number of methoxy groups -OCH3 is 1. The van der Waals surface area contributed by atoms with Crippen LogP contribution in [0.5, 0.6) is 0 Å². The van der Waals surface area contributed by atoms with E-state index in [1.165, 1.54) is 12.4 Å². The van der Waals surface area contributed by atoms with E-state index in [1.54, 1.807) is 12.0 Å². The molecule has 2 aromatic heterocycles. The van der Waals surface area contributed by atoms with E-state index in [4.69, 9.17) is 15.0 Å². The lowest BCUT2D eigenvalue weighted by molar-refractivity contribution is 0.0661. The molecule has 1 amide bonds. The number of aromatic nitrogens is 4. The molecule has 2 aliphatic heterocycles. The Bertz CT molecular complexity index is 1370. The first-order valence-electron chi connectivity index (χ1n) is 13.6. The molecule has 14 heteroatoms. The molecule has 3 atom stereocenters. The van der Waals surface area contributed by atoms with Gasteiger partial charge in [-0.05, 0) is 38.3 Å². The molecule has 2 aliphatic rings. The smallest absolute Gasteiger partial charge is 0.324 e. The van der Waals surface area contributed by atoms with Gasteiger partial charge in [-0.15, -0.1) is 0 Å². The molecule has 0 spiro atoms. The van der Waals surface area contributed by atoms with Crippen LogP contribution < -0.4 is 15.5 Å². The van der Waals surface area contributed by atoms with Gasteiger partial charge >= 0.3 is 6.01 Å². The number of amides is 1. The van der Waals surface area contributed by atoms with Crippen LogP contribution in [0, 0.1) is 17.5 Å². The van der Waals surface area contributed by atoms with Gasteiger partial charge in [-0.3, -0.25) is 4.79 Å². The molecule has 11 nitrogen and oxygen atoms in total. The zero-order valence-electron chi connectivity index (χ0n) is 23.1. The van der Waals surface area contributed by atoms with E-state index in [1.807, 2.05) is 23.6 Å². The molecule has 0 radical (unpaired) electrons. The van der Waals surface area contributed by atoms with Crippen LogP contribution in [0.3, 0.4) is 0 Å². The predicted octanol–water partition coefficient (Wildman–Crippen LogP) is 3.05. The van der Waals surface area contributed by atoms with E-state index < -0.39 is 29.4 Å². The molecule has 4 heterocycles. The Kier molecular flexibility index (Phi) is 8.40. The lowest BCUT2D eigenvalue weighted by atomic mass is 9.94. The summed E-state index contributed by atoms with van der Waals surface area (Å²) in [5.41, 5.74) is 6.58. The fourth-order valence-corrected chi connectivity index (χ4v) is 5.47. The van der Waals surface area contributed by atoms with Crippen molar-refractivity contribution in [2.75, 3.05) is 49.6 Å². The van der Waals surface area contributed by atoms with E-state index in [0.717, 1.165) is 18.9 Å². The largest absolute Gasteiger partial charge is 0.374 e. The number of nitrogens with two attached hydrogens (primary N) is 1. The Balaban J connectivity index is 1.21. The molecular weight excluding hydrogens is 541 g/mol. The van der Waals surface area contributed by atoms with Crippen molar-refractivity contribution < 1.29 is 27.2 Å². The Hall–Kier alpha value is -3.78. The molecule has 0 unspecified atom stereocenters. The third kappa shape index (κ3) is 5.84. The highest BCUT2D eigenvalue weighted by molar-refractivity contribution is 5.94. The summed E-state index contributed by atoms with van der Waals surface area (Å²) in [5, 5.41) is 3.98. The van der Waals surface area contributed by atoms with E-state index in [2.05, 4.69) is 20.1 Å². The maximum atomic E-state index is 14.4. The molecular formula is C27H33F3N8O3. The monoisotopic (exact) mass is 574 g/mol. The van der Waals surface area contributed by atoms with Crippen LogP contribution in [0.1, 0.15) is 60.5 Å². The molecule has 0 bridgehead atoms. The summed E-state index contributed by atoms with van der Waals surface area (Å²) in [7, 11) is 1.58. The van der Waals surface area contributed by atoms with E-state index in [0.29, 0.717) is 55.6 Å². The van der Waals surface area contributed by atoms with Crippen LogP contribution in [0.4, 0.5) is 25.1 Å². The minimum absolute atomic E-state index is 0.0133. The third-order valence-corrected chi connectivity index (χ3v) is 7.90. The number of hydrogen-bond acceptors (Lipinski definition) is 10. The van der Waals surface area contributed by atoms with Gasteiger partial charge in [-0.25, -0.2) is 23.1 Å². The van der Waals surface area contributed by atoms with Gasteiger partial charge in [0.1, 0.15) is 11.9 Å². The number of nitrogens with zero attached hydrogens (tertiary/aromatic N) is 7. The Morgan fingerprint density at radius 2 is 1.80 bits per heavy atom. The molecule has 1 aromatic carbocycles. The molecule has 220 valence electrons. The average Bonchev–Trinajstić information content (AvgIpc) is 3.63. The first kappa shape index (κ1) is 28.7. The van der Waals surface area contributed by atoms with Crippen molar-refractivity contribution in [3.05, 3.63) is 58.9 Å². The van der Waals surface area contributed by atoms with Gasteiger partial charge in [0.05, 0.1) is 5.56 Å². The molecule has 2 saturated heterocycles. The van der Waals surface area contributed by atoms with Crippen LogP contribution in [0.25, 0.3) is 0 Å². The summed E-state index contributed by atoms with van der Waals surface area (Å²) in [6.45, 7) is 6.12. The quantitative estimate of drug-likeness (QED) is 0.401. The Morgan fingerprint density at radius 3 is 2.46 bits per heavy atom. The fourth-order valence-electron chi connectivity index (χ4n) is 5.47. The first-order valence-corrected chi connectivity index (χ1v) is 13.6. The standard InChI is InChI=1S/C27H33F3N8O3/c1-4-38(17-5-7-36(8-6-17)27-34-24(35-41-27)15(2)40-3)25(39)16-11-32-26(33-12-16)37-13-19(23(31)14-37)18-9-21(29)22(30)10-20(18)28/h9-12,15,17,19,23H,4-8,13-14,31H2,1-3H3/t15-,19+,23-/m0/s1. The summed E-state index contributed by atoms with van der Waals surface area (Å²) in [6.07, 6.45) is 4.12. The van der Waals surface area contributed by atoms with Gasteiger partial charge < -0.3 is 29.7 Å². The van der Waals surface area contributed by atoms with Gasteiger partial charge in [-0.1, -0.05) is 5.16 Å². The summed E-state index contributed by atoms with van der Waals surface area (Å²) < 4.78 is 52.2. The molecule has 3 aromatic rings. The second kappa shape index (κ2) is 12.0. The molecule has 0 aliphatic carbocycles. The number of ether oxygens (including phenoxy) is 1. The maximum absolute atomic E-state index is 14.4. The molecule has 2 N–H and O–H groups in total. The average molecular weight is 575 g/mol. The topological polar surface area (TPSA) is 127 Å². The van der Waals surface area contributed by atoms with Gasteiger partial charge in [-0.2, -0.15) is 4.98 Å².